The van der Waals surface area contributed by atoms with Crippen molar-refractivity contribution in [3.8, 4) is 40.0 Å². The van der Waals surface area contributed by atoms with Crippen LogP contribution in [0.4, 0.5) is 5.88 Å². The first-order valence-electron chi connectivity index (χ1n) is 10.9. The van der Waals surface area contributed by atoms with Gasteiger partial charge in [0.2, 0.25) is 5.88 Å². The molecule has 0 unspecified atom stereocenters. The summed E-state index contributed by atoms with van der Waals surface area (Å²) in [4.78, 5) is 28.8. The van der Waals surface area contributed by atoms with Crippen molar-refractivity contribution in [2.45, 2.75) is 0 Å². The van der Waals surface area contributed by atoms with Crippen LogP contribution in [0.3, 0.4) is 0 Å². The summed E-state index contributed by atoms with van der Waals surface area (Å²) in [6.07, 6.45) is 2.85. The van der Waals surface area contributed by atoms with Crippen molar-refractivity contribution in [1.29, 1.82) is 5.26 Å². The smallest absolute Gasteiger partial charge is 0.340 e. The third-order valence-electron chi connectivity index (χ3n) is 5.28. The van der Waals surface area contributed by atoms with Crippen LogP contribution in [0.2, 0.25) is 0 Å². The first kappa shape index (κ1) is 25.5. The molecule has 4 rings (SSSR count). The van der Waals surface area contributed by atoms with Crippen LogP contribution in [0.15, 0.2) is 75.9 Å². The van der Waals surface area contributed by atoms with E-state index in [0.29, 0.717) is 38.4 Å². The largest absolute Gasteiger partial charge is 0.497 e. The molecule has 0 saturated carbocycles. The van der Waals surface area contributed by atoms with Crippen LogP contribution in [-0.2, 0) is 9.53 Å². The number of hydrogen-bond donors (Lipinski definition) is 1. The molecule has 0 aliphatic rings. The summed E-state index contributed by atoms with van der Waals surface area (Å²) < 4.78 is 22.1. The third kappa shape index (κ3) is 5.79. The van der Waals surface area contributed by atoms with E-state index in [0.717, 1.165) is 0 Å². The Kier molecular flexibility index (Phi) is 7.86. The second kappa shape index (κ2) is 11.4. The lowest BCUT2D eigenvalue weighted by Gasteiger charge is -2.06. The van der Waals surface area contributed by atoms with Crippen molar-refractivity contribution < 1.29 is 28.2 Å². The predicted molar refractivity (Wildman–Crippen MR) is 138 cm³/mol. The van der Waals surface area contributed by atoms with Gasteiger partial charge in [0, 0.05) is 28.0 Å². The molecule has 37 heavy (non-hydrogen) atoms. The van der Waals surface area contributed by atoms with Gasteiger partial charge in [-0.3, -0.25) is 15.1 Å². The van der Waals surface area contributed by atoms with Crippen LogP contribution in [0.5, 0.6) is 11.5 Å². The van der Waals surface area contributed by atoms with Crippen molar-refractivity contribution in [1.82, 2.24) is 4.98 Å². The van der Waals surface area contributed by atoms with Gasteiger partial charge in [-0.2, -0.15) is 5.26 Å². The number of aromatic nitrogens is 1. The Balaban J connectivity index is 1.64. The second-order valence-corrected chi connectivity index (χ2v) is 8.51. The highest BCUT2D eigenvalue weighted by atomic mass is 79.9. The van der Waals surface area contributed by atoms with E-state index >= 15 is 0 Å². The van der Waals surface area contributed by atoms with Gasteiger partial charge in [-0.15, -0.1) is 0 Å². The average molecular weight is 562 g/mol. The van der Waals surface area contributed by atoms with E-state index < -0.39 is 18.5 Å². The Hall–Kier alpha value is -4.62. The molecule has 2 aromatic heterocycles. The van der Waals surface area contributed by atoms with Gasteiger partial charge in [-0.1, -0.05) is 12.1 Å². The Labute approximate surface area is 220 Å². The number of nitriles is 1. The summed E-state index contributed by atoms with van der Waals surface area (Å²) in [5.74, 6) is 0.206. The van der Waals surface area contributed by atoms with Gasteiger partial charge in [0.25, 0.3) is 5.91 Å². The Morgan fingerprint density at radius 1 is 1.00 bits per heavy atom. The van der Waals surface area contributed by atoms with E-state index in [9.17, 15) is 14.9 Å². The van der Waals surface area contributed by atoms with E-state index in [-0.39, 0.29) is 17.0 Å². The lowest BCUT2D eigenvalue weighted by Crippen LogP contribution is -2.21. The van der Waals surface area contributed by atoms with E-state index in [1.54, 1.807) is 62.8 Å². The van der Waals surface area contributed by atoms with E-state index in [1.165, 1.54) is 18.5 Å². The number of amides is 1. The minimum atomic E-state index is -0.721. The Morgan fingerprint density at radius 3 is 2.19 bits per heavy atom. The van der Waals surface area contributed by atoms with Gasteiger partial charge in [-0.05, 0) is 64.0 Å². The number of halogens is 1. The average Bonchev–Trinajstić information content (AvgIpc) is 3.29. The topological polar surface area (TPSA) is 124 Å². The third-order valence-corrected chi connectivity index (χ3v) is 5.71. The number of rotatable bonds is 8. The minimum absolute atomic E-state index is 0.0655. The number of benzene rings is 2. The van der Waals surface area contributed by atoms with E-state index in [2.05, 4.69) is 32.3 Å². The number of hydrogen-bond acceptors (Lipinski definition) is 8. The van der Waals surface area contributed by atoms with Crippen LogP contribution in [0.1, 0.15) is 15.9 Å². The fourth-order valence-electron chi connectivity index (χ4n) is 3.51. The van der Waals surface area contributed by atoms with Crippen molar-refractivity contribution in [3.05, 3.63) is 82.6 Å². The number of esters is 1. The summed E-state index contributed by atoms with van der Waals surface area (Å²) in [6, 6.07) is 17.8. The van der Waals surface area contributed by atoms with E-state index in [4.69, 9.17) is 18.6 Å². The van der Waals surface area contributed by atoms with Gasteiger partial charge in [0.1, 0.15) is 28.9 Å². The molecule has 2 heterocycles. The number of nitrogens with zero attached hydrogens (tertiary/aromatic N) is 2. The molecule has 10 heteroatoms. The highest BCUT2D eigenvalue weighted by molar-refractivity contribution is 9.10. The van der Waals surface area contributed by atoms with Crippen molar-refractivity contribution in [2.75, 3.05) is 26.1 Å². The van der Waals surface area contributed by atoms with Gasteiger partial charge >= 0.3 is 5.97 Å². The van der Waals surface area contributed by atoms with Crippen LogP contribution in [0, 0.1) is 11.3 Å². The van der Waals surface area contributed by atoms with Crippen LogP contribution in [-0.4, -0.2) is 37.7 Å². The molecular formula is C27H20BrN3O6. The van der Waals surface area contributed by atoms with Gasteiger partial charge < -0.3 is 18.6 Å². The van der Waals surface area contributed by atoms with Crippen LogP contribution < -0.4 is 14.8 Å². The Morgan fingerprint density at radius 2 is 1.62 bits per heavy atom. The molecule has 9 nitrogen and oxygen atoms in total. The molecular weight excluding hydrogens is 542 g/mol. The molecule has 0 spiro atoms. The molecule has 186 valence electrons. The number of carbonyl (C=O) groups excluding carboxylic acids is 2. The molecule has 0 atom stereocenters. The number of methoxy groups -OCH3 is 2. The number of carbonyl (C=O) groups is 2. The molecule has 0 fully saturated rings. The maximum atomic E-state index is 12.6. The zero-order chi connectivity index (χ0) is 26.4. The fraction of sp³-hybridized carbons (Fsp3) is 0.111. The highest BCUT2D eigenvalue weighted by Gasteiger charge is 2.25. The summed E-state index contributed by atoms with van der Waals surface area (Å²) in [5, 5.41) is 12.6. The summed E-state index contributed by atoms with van der Waals surface area (Å²) >= 11 is 3.23. The molecule has 0 bridgehead atoms. The molecule has 1 amide bonds. The minimum Gasteiger partial charge on any atom is -0.497 e. The molecule has 2 aromatic carbocycles. The predicted octanol–water partition coefficient (Wildman–Crippen LogP) is 5.46. The standard InChI is InChI=1S/C27H20BrN3O6/c1-34-20-7-3-16(4-8-20)24-22(12-29)26(37-25(24)17-5-9-21(35-2)10-6-17)31-23(32)15-36-27(33)18-11-19(28)14-30-13-18/h3-11,13-14H,15H2,1-2H3,(H,31,32). The lowest BCUT2D eigenvalue weighted by molar-refractivity contribution is -0.119. The zero-order valence-electron chi connectivity index (χ0n) is 19.8. The summed E-state index contributed by atoms with van der Waals surface area (Å²) in [7, 11) is 3.12. The molecule has 0 aliphatic carbocycles. The van der Waals surface area contributed by atoms with Crippen molar-refractivity contribution in [3.63, 3.8) is 0 Å². The normalized spacial score (nSPS) is 10.3. The zero-order valence-corrected chi connectivity index (χ0v) is 21.4. The summed E-state index contributed by atoms with van der Waals surface area (Å²) in [5.41, 5.74) is 2.13. The first-order chi connectivity index (χ1) is 17.9. The number of anilines is 1. The maximum Gasteiger partial charge on any atom is 0.340 e. The van der Waals surface area contributed by atoms with Crippen LogP contribution in [0.25, 0.3) is 22.5 Å². The summed E-state index contributed by atoms with van der Waals surface area (Å²) in [6.45, 7) is -0.591. The molecule has 0 saturated heterocycles. The van der Waals surface area contributed by atoms with Gasteiger partial charge in [0.05, 0.1) is 19.8 Å². The molecule has 0 aliphatic heterocycles. The molecule has 0 radical (unpaired) electrons. The fourth-order valence-corrected chi connectivity index (χ4v) is 3.87. The first-order valence-corrected chi connectivity index (χ1v) is 11.7. The number of nitrogens with one attached hydrogen (secondary N) is 1. The van der Waals surface area contributed by atoms with Gasteiger partial charge in [0.15, 0.2) is 6.61 Å². The maximum absolute atomic E-state index is 12.6. The molecule has 1 N–H and O–H groups in total. The van der Waals surface area contributed by atoms with Crippen LogP contribution >= 0.6 is 15.9 Å². The van der Waals surface area contributed by atoms with E-state index in [1.807, 2.05) is 0 Å². The highest BCUT2D eigenvalue weighted by Crippen LogP contribution is 2.42. The molecule has 4 aromatic rings. The SMILES string of the molecule is COc1ccc(-c2oc(NC(=O)COC(=O)c3cncc(Br)c3)c(C#N)c2-c2ccc(OC)cc2)cc1. The number of furan rings is 1. The Bertz CT molecular complexity index is 1470. The van der Waals surface area contributed by atoms with Crippen molar-refractivity contribution in [2.24, 2.45) is 0 Å². The van der Waals surface area contributed by atoms with Crippen molar-refractivity contribution >= 4 is 33.7 Å². The quantitative estimate of drug-likeness (QED) is 0.281. The number of pyridine rings is 1. The second-order valence-electron chi connectivity index (χ2n) is 7.60. The monoisotopic (exact) mass is 561 g/mol. The number of ether oxygens (including phenoxy) is 3. The lowest BCUT2D eigenvalue weighted by atomic mass is 9.98. The van der Waals surface area contributed by atoms with Gasteiger partial charge in [-0.25, -0.2) is 4.79 Å².